The summed E-state index contributed by atoms with van der Waals surface area (Å²) in [6.45, 7) is 4.40. The molecule has 0 radical (unpaired) electrons. The monoisotopic (exact) mass is 350 g/mol. The van der Waals surface area contributed by atoms with Gasteiger partial charge in [-0.1, -0.05) is 6.07 Å². The Hall–Kier alpha value is -3.13. The Morgan fingerprint density at radius 3 is 2.81 bits per heavy atom. The van der Waals surface area contributed by atoms with Gasteiger partial charge in [0, 0.05) is 11.9 Å². The first-order chi connectivity index (χ1) is 12.4. The summed E-state index contributed by atoms with van der Waals surface area (Å²) in [4.78, 5) is 4.25. The van der Waals surface area contributed by atoms with Gasteiger partial charge in [-0.3, -0.25) is 4.98 Å². The van der Waals surface area contributed by atoms with Crippen molar-refractivity contribution in [3.63, 3.8) is 0 Å². The molecule has 1 aliphatic heterocycles. The highest BCUT2D eigenvalue weighted by Crippen LogP contribution is 2.36. The predicted octanol–water partition coefficient (Wildman–Crippen LogP) is 2.60. The van der Waals surface area contributed by atoms with Crippen LogP contribution in [0.25, 0.3) is 11.3 Å². The van der Waals surface area contributed by atoms with E-state index < -0.39 is 5.79 Å². The molecule has 1 aliphatic rings. The van der Waals surface area contributed by atoms with Crippen molar-refractivity contribution in [2.24, 2.45) is 0 Å². The Bertz CT molecular complexity index is 912. The molecule has 0 amide bonds. The standard InChI is InChI=1S/C19H18N4O3/c1-19(2)25-11-14(26-19)10-24-16-5-3-4-15(22)17(16)18-13(8-21)6-12(7-20)9-23-18/h3-6,9,14H,10-11,22H2,1-2H3. The fourth-order valence-electron chi connectivity index (χ4n) is 2.76. The third-order valence-corrected chi connectivity index (χ3v) is 3.92. The Labute approximate surface area is 151 Å². The molecule has 1 aromatic carbocycles. The highest BCUT2D eigenvalue weighted by atomic mass is 16.7. The van der Waals surface area contributed by atoms with Gasteiger partial charge in [0.25, 0.3) is 0 Å². The quantitative estimate of drug-likeness (QED) is 0.843. The smallest absolute Gasteiger partial charge is 0.163 e. The SMILES string of the molecule is CC1(C)OCC(COc2cccc(N)c2-c2ncc(C#N)cc2C#N)O1. The summed E-state index contributed by atoms with van der Waals surface area (Å²) in [6, 6.07) is 10.7. The molecule has 1 aromatic heterocycles. The van der Waals surface area contributed by atoms with Crippen LogP contribution in [0.1, 0.15) is 25.0 Å². The van der Waals surface area contributed by atoms with Crippen molar-refractivity contribution in [3.8, 4) is 29.1 Å². The topological polar surface area (TPSA) is 114 Å². The summed E-state index contributed by atoms with van der Waals surface area (Å²) in [5, 5.41) is 18.4. The first kappa shape index (κ1) is 17.7. The molecule has 3 rings (SSSR count). The first-order valence-electron chi connectivity index (χ1n) is 8.07. The minimum atomic E-state index is -0.630. The molecule has 0 spiro atoms. The molecular weight excluding hydrogens is 332 g/mol. The molecule has 1 saturated heterocycles. The van der Waals surface area contributed by atoms with Gasteiger partial charge < -0.3 is 19.9 Å². The molecule has 2 heterocycles. The fraction of sp³-hybridized carbons (Fsp3) is 0.316. The van der Waals surface area contributed by atoms with Crippen LogP contribution in [-0.2, 0) is 9.47 Å². The van der Waals surface area contributed by atoms with Crippen LogP contribution in [0.15, 0.2) is 30.5 Å². The molecule has 26 heavy (non-hydrogen) atoms. The van der Waals surface area contributed by atoms with Crippen molar-refractivity contribution in [2.45, 2.75) is 25.7 Å². The molecule has 7 nitrogen and oxygen atoms in total. The van der Waals surface area contributed by atoms with Crippen LogP contribution in [0.2, 0.25) is 0 Å². The van der Waals surface area contributed by atoms with Gasteiger partial charge in [-0.2, -0.15) is 10.5 Å². The van der Waals surface area contributed by atoms with Gasteiger partial charge in [0.1, 0.15) is 30.6 Å². The molecule has 0 saturated carbocycles. The Morgan fingerprint density at radius 2 is 2.15 bits per heavy atom. The number of hydrogen-bond donors (Lipinski definition) is 1. The van der Waals surface area contributed by atoms with Gasteiger partial charge in [-0.25, -0.2) is 0 Å². The molecule has 132 valence electrons. The largest absolute Gasteiger partial charge is 0.490 e. The van der Waals surface area contributed by atoms with E-state index in [-0.39, 0.29) is 18.3 Å². The Balaban J connectivity index is 1.92. The van der Waals surface area contributed by atoms with Gasteiger partial charge in [0.2, 0.25) is 0 Å². The van der Waals surface area contributed by atoms with E-state index >= 15 is 0 Å². The highest BCUT2D eigenvalue weighted by molar-refractivity contribution is 5.83. The number of aromatic nitrogens is 1. The summed E-state index contributed by atoms with van der Waals surface area (Å²) in [5.74, 6) is -0.137. The van der Waals surface area contributed by atoms with E-state index in [1.165, 1.54) is 12.3 Å². The zero-order valence-corrected chi connectivity index (χ0v) is 14.5. The second-order valence-electron chi connectivity index (χ2n) is 6.33. The normalized spacial score (nSPS) is 18.1. The second-order valence-corrected chi connectivity index (χ2v) is 6.33. The zero-order valence-electron chi connectivity index (χ0n) is 14.5. The lowest BCUT2D eigenvalue weighted by atomic mass is 10.0. The van der Waals surface area contributed by atoms with Gasteiger partial charge in [0.05, 0.1) is 29.0 Å². The minimum absolute atomic E-state index is 0.205. The van der Waals surface area contributed by atoms with Crippen LogP contribution < -0.4 is 10.5 Å². The summed E-state index contributed by atoms with van der Waals surface area (Å²) < 4.78 is 17.2. The Kier molecular flexibility index (Phi) is 4.77. The lowest BCUT2D eigenvalue weighted by molar-refractivity contribution is -0.141. The molecule has 0 aliphatic carbocycles. The van der Waals surface area contributed by atoms with Crippen LogP contribution in [0.5, 0.6) is 5.75 Å². The second kappa shape index (κ2) is 7.01. The minimum Gasteiger partial charge on any atom is -0.490 e. The molecule has 2 aromatic rings. The number of anilines is 1. The van der Waals surface area contributed by atoms with E-state index in [2.05, 4.69) is 11.1 Å². The summed E-state index contributed by atoms with van der Waals surface area (Å²) in [5.41, 5.74) is 8.02. The maximum absolute atomic E-state index is 9.42. The van der Waals surface area contributed by atoms with Gasteiger partial charge in [-0.15, -0.1) is 0 Å². The number of ether oxygens (including phenoxy) is 3. The van der Waals surface area contributed by atoms with Crippen molar-refractivity contribution in [1.29, 1.82) is 10.5 Å². The lowest BCUT2D eigenvalue weighted by Gasteiger charge is -2.18. The summed E-state index contributed by atoms with van der Waals surface area (Å²) in [6.07, 6.45) is 1.20. The highest BCUT2D eigenvalue weighted by Gasteiger charge is 2.33. The number of hydrogen-bond acceptors (Lipinski definition) is 7. The molecule has 1 unspecified atom stereocenters. The maximum Gasteiger partial charge on any atom is 0.163 e. The number of nitrogens with zero attached hydrogens (tertiary/aromatic N) is 3. The van der Waals surface area contributed by atoms with Crippen molar-refractivity contribution in [1.82, 2.24) is 4.98 Å². The van der Waals surface area contributed by atoms with Crippen LogP contribution in [-0.4, -0.2) is 30.1 Å². The molecule has 2 N–H and O–H groups in total. The number of pyridine rings is 1. The molecule has 0 bridgehead atoms. The Morgan fingerprint density at radius 1 is 1.35 bits per heavy atom. The first-order valence-corrected chi connectivity index (χ1v) is 8.07. The maximum atomic E-state index is 9.42. The fourth-order valence-corrected chi connectivity index (χ4v) is 2.76. The molecule has 1 fully saturated rings. The number of nitriles is 2. The van der Waals surface area contributed by atoms with Crippen LogP contribution in [0.4, 0.5) is 5.69 Å². The third-order valence-electron chi connectivity index (χ3n) is 3.92. The third kappa shape index (κ3) is 3.60. The van der Waals surface area contributed by atoms with E-state index in [1.807, 2.05) is 19.9 Å². The number of benzene rings is 1. The van der Waals surface area contributed by atoms with E-state index in [9.17, 15) is 5.26 Å². The van der Waals surface area contributed by atoms with E-state index in [0.29, 0.717) is 34.9 Å². The number of rotatable bonds is 4. The van der Waals surface area contributed by atoms with E-state index in [4.69, 9.17) is 25.2 Å². The van der Waals surface area contributed by atoms with Crippen molar-refractivity contribution >= 4 is 5.69 Å². The van der Waals surface area contributed by atoms with Crippen molar-refractivity contribution in [3.05, 3.63) is 41.6 Å². The predicted molar refractivity (Wildman–Crippen MR) is 93.9 cm³/mol. The van der Waals surface area contributed by atoms with Gasteiger partial charge in [-0.05, 0) is 32.0 Å². The van der Waals surface area contributed by atoms with E-state index in [1.54, 1.807) is 18.2 Å². The summed E-state index contributed by atoms with van der Waals surface area (Å²) >= 11 is 0. The number of nitrogens with two attached hydrogens (primary N) is 1. The van der Waals surface area contributed by atoms with Crippen LogP contribution in [0.3, 0.4) is 0 Å². The molecule has 7 heteroatoms. The van der Waals surface area contributed by atoms with Crippen LogP contribution >= 0.6 is 0 Å². The van der Waals surface area contributed by atoms with E-state index in [0.717, 1.165) is 0 Å². The molecule has 1 atom stereocenters. The molecular formula is C19H18N4O3. The summed E-state index contributed by atoms with van der Waals surface area (Å²) in [7, 11) is 0. The zero-order chi connectivity index (χ0) is 18.7. The average Bonchev–Trinajstić information content (AvgIpc) is 2.98. The van der Waals surface area contributed by atoms with Gasteiger partial charge in [0.15, 0.2) is 5.79 Å². The number of nitrogen functional groups attached to an aromatic ring is 1. The lowest BCUT2D eigenvalue weighted by Crippen LogP contribution is -2.25. The van der Waals surface area contributed by atoms with Crippen molar-refractivity contribution < 1.29 is 14.2 Å². The van der Waals surface area contributed by atoms with Crippen molar-refractivity contribution in [2.75, 3.05) is 18.9 Å². The average molecular weight is 350 g/mol. The van der Waals surface area contributed by atoms with Gasteiger partial charge >= 0.3 is 0 Å². The van der Waals surface area contributed by atoms with Crippen LogP contribution in [0, 0.1) is 22.7 Å².